The molecule has 0 spiro atoms. The highest BCUT2D eigenvalue weighted by Crippen LogP contribution is 2.73. The van der Waals surface area contributed by atoms with Gasteiger partial charge in [-0.15, -0.1) is 0 Å². The summed E-state index contributed by atoms with van der Waals surface area (Å²) < 4.78 is 11.7. The SMILES string of the molecule is CC(=O)OC1CC2C(C)(CCC3C4(C)CCCC(C)(C)C4CCC23C)C2OC(=O)C=C12. The first-order chi connectivity index (χ1) is 14.4. The summed E-state index contributed by atoms with van der Waals surface area (Å²) in [6, 6.07) is 0. The van der Waals surface area contributed by atoms with Crippen molar-refractivity contribution >= 4 is 11.9 Å². The first kappa shape index (κ1) is 21.5. The summed E-state index contributed by atoms with van der Waals surface area (Å²) in [6.45, 7) is 13.9. The Labute approximate surface area is 187 Å². The molecule has 0 radical (unpaired) electrons. The molecule has 4 fully saturated rings. The van der Waals surface area contributed by atoms with E-state index < -0.39 is 0 Å². The second-order valence-electron chi connectivity index (χ2n) is 12.9. The molecule has 8 atom stereocenters. The van der Waals surface area contributed by atoms with E-state index in [4.69, 9.17) is 9.47 Å². The van der Waals surface area contributed by atoms with Gasteiger partial charge >= 0.3 is 11.9 Å². The predicted molar refractivity (Wildman–Crippen MR) is 119 cm³/mol. The molecule has 0 amide bonds. The Bertz CT molecular complexity index is 842. The summed E-state index contributed by atoms with van der Waals surface area (Å²) in [5.41, 5.74) is 1.80. The van der Waals surface area contributed by atoms with Crippen LogP contribution in [0.2, 0.25) is 0 Å². The van der Waals surface area contributed by atoms with Crippen molar-refractivity contribution < 1.29 is 19.1 Å². The van der Waals surface area contributed by atoms with E-state index in [0.717, 1.165) is 24.3 Å². The van der Waals surface area contributed by atoms with Crippen LogP contribution < -0.4 is 0 Å². The monoisotopic (exact) mass is 428 g/mol. The lowest BCUT2D eigenvalue weighted by atomic mass is 9.35. The largest absolute Gasteiger partial charge is 0.458 e. The molecule has 1 aliphatic heterocycles. The van der Waals surface area contributed by atoms with Crippen LogP contribution >= 0.6 is 0 Å². The summed E-state index contributed by atoms with van der Waals surface area (Å²) >= 11 is 0. The molecule has 0 bridgehead atoms. The van der Waals surface area contributed by atoms with Crippen molar-refractivity contribution in [1.82, 2.24) is 0 Å². The van der Waals surface area contributed by atoms with E-state index in [1.54, 1.807) is 6.08 Å². The van der Waals surface area contributed by atoms with Crippen LogP contribution in [-0.4, -0.2) is 24.1 Å². The molecule has 31 heavy (non-hydrogen) atoms. The van der Waals surface area contributed by atoms with Crippen molar-refractivity contribution in [2.24, 2.45) is 39.4 Å². The molecular weight excluding hydrogens is 388 g/mol. The van der Waals surface area contributed by atoms with Crippen molar-refractivity contribution in [3.05, 3.63) is 11.6 Å². The van der Waals surface area contributed by atoms with E-state index >= 15 is 0 Å². The average molecular weight is 429 g/mol. The molecule has 4 aliphatic carbocycles. The third kappa shape index (κ3) is 2.85. The summed E-state index contributed by atoms with van der Waals surface area (Å²) in [5.74, 6) is 1.31. The first-order valence-electron chi connectivity index (χ1n) is 12.5. The van der Waals surface area contributed by atoms with Gasteiger partial charge in [-0.05, 0) is 78.9 Å². The van der Waals surface area contributed by atoms with Gasteiger partial charge in [-0.2, -0.15) is 0 Å². The van der Waals surface area contributed by atoms with Crippen LogP contribution in [0, 0.1) is 39.4 Å². The molecule has 0 saturated heterocycles. The Kier molecular flexibility index (Phi) is 4.59. The maximum absolute atomic E-state index is 12.3. The Morgan fingerprint density at radius 2 is 1.58 bits per heavy atom. The van der Waals surface area contributed by atoms with Gasteiger partial charge in [-0.3, -0.25) is 4.79 Å². The highest BCUT2D eigenvalue weighted by molar-refractivity contribution is 5.86. The number of hydrogen-bond acceptors (Lipinski definition) is 4. The fourth-order valence-corrected chi connectivity index (χ4v) is 9.87. The second kappa shape index (κ2) is 6.60. The van der Waals surface area contributed by atoms with Gasteiger partial charge in [-0.25, -0.2) is 4.79 Å². The zero-order chi connectivity index (χ0) is 22.4. The zero-order valence-electron chi connectivity index (χ0n) is 20.3. The van der Waals surface area contributed by atoms with Gasteiger partial charge in [0.25, 0.3) is 0 Å². The molecule has 0 aromatic rings. The molecule has 5 aliphatic rings. The summed E-state index contributed by atoms with van der Waals surface area (Å²) in [5, 5.41) is 0. The smallest absolute Gasteiger partial charge is 0.331 e. The zero-order valence-corrected chi connectivity index (χ0v) is 20.3. The van der Waals surface area contributed by atoms with Gasteiger partial charge in [-0.1, -0.05) is 41.0 Å². The van der Waals surface area contributed by atoms with Gasteiger partial charge in [0.15, 0.2) is 0 Å². The number of esters is 2. The normalized spacial score (nSPS) is 50.2. The quantitative estimate of drug-likeness (QED) is 0.492. The number of ether oxygens (including phenoxy) is 2. The van der Waals surface area contributed by atoms with Crippen molar-refractivity contribution in [3.8, 4) is 0 Å². The van der Waals surface area contributed by atoms with Gasteiger partial charge in [0.1, 0.15) is 12.2 Å². The van der Waals surface area contributed by atoms with E-state index in [2.05, 4.69) is 34.6 Å². The summed E-state index contributed by atoms with van der Waals surface area (Å²) in [4.78, 5) is 24.2. The Morgan fingerprint density at radius 3 is 2.29 bits per heavy atom. The topological polar surface area (TPSA) is 52.6 Å². The molecule has 0 aromatic heterocycles. The van der Waals surface area contributed by atoms with E-state index in [1.807, 2.05) is 0 Å². The van der Waals surface area contributed by atoms with Gasteiger partial charge < -0.3 is 9.47 Å². The van der Waals surface area contributed by atoms with E-state index in [9.17, 15) is 9.59 Å². The number of hydrogen-bond donors (Lipinski definition) is 0. The maximum Gasteiger partial charge on any atom is 0.331 e. The third-order valence-corrected chi connectivity index (χ3v) is 11.0. The number of carbonyl (C=O) groups is 2. The standard InChI is InChI=1S/C27H40O4/c1-16(28)30-18-15-21-26(5)12-8-19-24(2,3)10-7-11-25(19,4)20(26)9-13-27(21,6)23-17(18)14-22(29)31-23/h14,18-21,23H,7-13,15H2,1-6H3. The van der Waals surface area contributed by atoms with Crippen LogP contribution in [0.15, 0.2) is 11.6 Å². The molecule has 4 saturated carbocycles. The second-order valence-corrected chi connectivity index (χ2v) is 12.9. The number of carbonyl (C=O) groups excluding carboxylic acids is 2. The van der Waals surface area contributed by atoms with Crippen LogP contribution in [0.5, 0.6) is 0 Å². The van der Waals surface area contributed by atoms with Crippen molar-refractivity contribution in [2.45, 2.75) is 105 Å². The number of fused-ring (bicyclic) bond motifs is 7. The van der Waals surface area contributed by atoms with Crippen LogP contribution in [0.25, 0.3) is 0 Å². The van der Waals surface area contributed by atoms with Crippen molar-refractivity contribution in [2.75, 3.05) is 0 Å². The molecule has 0 aromatic carbocycles. The molecule has 0 N–H and O–H groups in total. The first-order valence-corrected chi connectivity index (χ1v) is 12.5. The van der Waals surface area contributed by atoms with E-state index in [1.165, 1.54) is 45.4 Å². The highest BCUT2D eigenvalue weighted by atomic mass is 16.6. The van der Waals surface area contributed by atoms with Crippen LogP contribution in [-0.2, 0) is 19.1 Å². The van der Waals surface area contributed by atoms with Gasteiger partial charge in [0.05, 0.1) is 0 Å². The average Bonchev–Trinajstić information content (AvgIpc) is 3.05. The Balaban J connectivity index is 1.55. The molecule has 1 heterocycles. The fourth-order valence-electron chi connectivity index (χ4n) is 9.87. The van der Waals surface area contributed by atoms with Gasteiger partial charge in [0.2, 0.25) is 0 Å². The van der Waals surface area contributed by atoms with Crippen LogP contribution in [0.1, 0.15) is 92.9 Å². The van der Waals surface area contributed by atoms with Crippen molar-refractivity contribution in [3.63, 3.8) is 0 Å². The Morgan fingerprint density at radius 1 is 0.935 bits per heavy atom. The minimum atomic E-state index is -0.323. The molecule has 8 unspecified atom stereocenters. The highest BCUT2D eigenvalue weighted by Gasteiger charge is 2.68. The van der Waals surface area contributed by atoms with Crippen LogP contribution in [0.3, 0.4) is 0 Å². The number of rotatable bonds is 1. The Hall–Kier alpha value is -1.32. The summed E-state index contributed by atoms with van der Waals surface area (Å²) in [6.07, 6.45) is 10.7. The molecule has 5 rings (SSSR count). The van der Waals surface area contributed by atoms with E-state index in [0.29, 0.717) is 22.7 Å². The van der Waals surface area contributed by atoms with Crippen molar-refractivity contribution in [1.29, 1.82) is 0 Å². The van der Waals surface area contributed by atoms with Gasteiger partial charge in [0, 0.05) is 24.0 Å². The molecule has 172 valence electrons. The minimum absolute atomic E-state index is 0.0761. The molecular formula is C27H40O4. The maximum atomic E-state index is 12.3. The lowest BCUT2D eigenvalue weighted by molar-refractivity contribution is -0.222. The minimum Gasteiger partial charge on any atom is -0.458 e. The lowest BCUT2D eigenvalue weighted by Gasteiger charge is -2.70. The third-order valence-electron chi connectivity index (χ3n) is 11.0. The lowest BCUT2D eigenvalue weighted by Crippen LogP contribution is -2.65. The van der Waals surface area contributed by atoms with E-state index in [-0.39, 0.29) is 35.0 Å². The summed E-state index contributed by atoms with van der Waals surface area (Å²) in [7, 11) is 0. The predicted octanol–water partition coefficient (Wildman–Crippen LogP) is 5.84. The van der Waals surface area contributed by atoms with Crippen LogP contribution in [0.4, 0.5) is 0 Å². The fraction of sp³-hybridized carbons (Fsp3) is 0.852. The molecule has 4 heteroatoms. The molecule has 4 nitrogen and oxygen atoms in total.